The third-order valence-electron chi connectivity index (χ3n) is 5.17. The Kier molecular flexibility index (Phi) is 11.1. The fraction of sp³-hybridized carbons (Fsp3) is 0.0714. The smallest absolute Gasteiger partial charge is 0.177 e. The molecular weight excluding hydrogens is 688 g/mol. The van der Waals surface area contributed by atoms with Crippen LogP contribution in [0.4, 0.5) is 0 Å². The number of nitrogens with one attached hydrogen (secondary N) is 1. The molecule has 0 aliphatic rings. The maximum Gasteiger partial charge on any atom is 0.204 e. The maximum absolute atomic E-state index is 4.38. The molecule has 0 fully saturated rings. The first-order valence-electron chi connectivity index (χ1n) is 11.8. The molecule has 0 spiro atoms. The van der Waals surface area contributed by atoms with Gasteiger partial charge in [-0.05, 0) is 70.1 Å². The predicted octanol–water partition coefficient (Wildman–Crippen LogP) is 7.36. The average Bonchev–Trinajstić information content (AvgIpc) is 3.69. The molecule has 0 amide bonds. The van der Waals surface area contributed by atoms with Crippen molar-refractivity contribution in [2.75, 3.05) is 0 Å². The van der Waals surface area contributed by atoms with E-state index < -0.39 is 0 Å². The average molecular weight is 711 g/mol. The van der Waals surface area contributed by atoms with E-state index in [1.807, 2.05) is 97.1 Å². The summed E-state index contributed by atoms with van der Waals surface area (Å²) in [5.41, 5.74) is 4.39. The van der Waals surface area contributed by atoms with Gasteiger partial charge in [0, 0.05) is 25.4 Å². The Morgan fingerprint density at radius 1 is 0.615 bits per heavy atom. The van der Waals surface area contributed by atoms with Crippen molar-refractivity contribution in [3.8, 4) is 22.8 Å². The zero-order valence-electron chi connectivity index (χ0n) is 20.6. The van der Waals surface area contributed by atoms with Gasteiger partial charge in [0.05, 0.1) is 6.54 Å². The highest BCUT2D eigenvalue weighted by Crippen LogP contribution is 2.18. The van der Waals surface area contributed by atoms with E-state index >= 15 is 0 Å². The summed E-state index contributed by atoms with van der Waals surface area (Å²) >= 11 is 10.1. The number of hydrogen-bond acceptors (Lipinski definition) is 6. The van der Waals surface area contributed by atoms with Crippen molar-refractivity contribution in [2.45, 2.75) is 11.9 Å². The van der Waals surface area contributed by atoms with Crippen LogP contribution in [0.15, 0.2) is 118 Å². The summed E-state index contributed by atoms with van der Waals surface area (Å²) in [6.45, 7) is 0.629. The first-order valence-corrected chi connectivity index (χ1v) is 14.5. The van der Waals surface area contributed by atoms with Crippen molar-refractivity contribution in [2.24, 2.45) is 0 Å². The fourth-order valence-electron chi connectivity index (χ4n) is 3.22. The molecule has 2 heterocycles. The van der Waals surface area contributed by atoms with Crippen LogP contribution in [0.2, 0.25) is 0 Å². The highest BCUT2D eigenvalue weighted by Gasteiger charge is 2.06. The molecule has 2 aromatic heterocycles. The monoisotopic (exact) mass is 708 g/mol. The van der Waals surface area contributed by atoms with Crippen LogP contribution in [0.3, 0.4) is 0 Å². The fourth-order valence-corrected chi connectivity index (χ4v) is 4.12. The lowest BCUT2D eigenvalue weighted by molar-refractivity contribution is 0.573. The van der Waals surface area contributed by atoms with Gasteiger partial charge in [0.15, 0.2) is 0 Å². The van der Waals surface area contributed by atoms with Crippen molar-refractivity contribution >= 4 is 47.8 Å². The molecule has 0 saturated carbocycles. The van der Waals surface area contributed by atoms with Crippen molar-refractivity contribution in [1.82, 2.24) is 40.8 Å². The molecule has 1 N–H and O–H groups in total. The quantitative estimate of drug-likeness (QED) is 0.188. The van der Waals surface area contributed by atoms with E-state index in [1.54, 1.807) is 4.80 Å². The Morgan fingerprint density at radius 2 is 1.15 bits per heavy atom. The van der Waals surface area contributed by atoms with Gasteiger partial charge in [-0.15, -0.1) is 20.4 Å². The third-order valence-corrected chi connectivity index (χ3v) is 6.87. The Hall–Kier alpha value is -3.54. The number of aromatic nitrogens is 8. The van der Waals surface area contributed by atoms with Gasteiger partial charge in [0.2, 0.25) is 11.6 Å². The van der Waals surface area contributed by atoms with Gasteiger partial charge in [0.25, 0.3) is 0 Å². The molecular formula is C28H23Br3N8. The summed E-state index contributed by atoms with van der Waals surface area (Å²) in [6, 6.07) is 36.0. The lowest BCUT2D eigenvalue weighted by Crippen LogP contribution is -2.03. The van der Waals surface area contributed by atoms with Gasteiger partial charge >= 0.3 is 0 Å². The molecule has 0 aliphatic carbocycles. The molecule has 11 heteroatoms. The maximum atomic E-state index is 4.38. The normalized spacial score (nSPS) is 10.1. The molecule has 0 saturated heterocycles. The number of benzene rings is 4. The standard InChI is InChI=1S/C14H11BrN4.C7H5BrN4.C7H7Br/c15-13-8-6-12(7-9-13)14-16-18-19(17-14)10-11-4-2-1-3-5-11;8-6-3-1-5(2-4-6)7-9-11-12-10-7;8-6-7-4-2-1-3-5-7/h1-9H,10H2;1-4H,(H,9,10,11,12);1-5H,6H2. The zero-order chi connectivity index (χ0) is 27.3. The van der Waals surface area contributed by atoms with Crippen LogP contribution in [-0.2, 0) is 11.9 Å². The van der Waals surface area contributed by atoms with Crippen LogP contribution in [0.5, 0.6) is 0 Å². The Balaban J connectivity index is 0.000000150. The largest absolute Gasteiger partial charge is 0.204 e. The summed E-state index contributed by atoms with van der Waals surface area (Å²) in [5, 5.41) is 27.1. The number of tetrazole rings is 2. The molecule has 4 aromatic carbocycles. The van der Waals surface area contributed by atoms with E-state index in [1.165, 1.54) is 5.56 Å². The van der Waals surface area contributed by atoms with Crippen molar-refractivity contribution in [1.29, 1.82) is 0 Å². The topological polar surface area (TPSA) is 98.1 Å². The number of aromatic amines is 1. The molecule has 196 valence electrons. The molecule has 0 bridgehead atoms. The van der Waals surface area contributed by atoms with E-state index in [9.17, 15) is 0 Å². The van der Waals surface area contributed by atoms with Gasteiger partial charge in [-0.25, -0.2) is 0 Å². The van der Waals surface area contributed by atoms with E-state index in [0.717, 1.165) is 31.0 Å². The third kappa shape index (κ3) is 9.31. The van der Waals surface area contributed by atoms with Crippen LogP contribution >= 0.6 is 47.8 Å². The minimum atomic E-state index is 0.613. The zero-order valence-corrected chi connectivity index (χ0v) is 25.3. The number of H-pyrrole nitrogens is 1. The lowest BCUT2D eigenvalue weighted by Gasteiger charge is -1.98. The second-order valence-corrected chi connectivity index (χ2v) is 10.4. The summed E-state index contributed by atoms with van der Waals surface area (Å²) < 4.78 is 2.07. The van der Waals surface area contributed by atoms with Gasteiger partial charge in [-0.1, -0.05) is 108 Å². The van der Waals surface area contributed by atoms with E-state index in [-0.39, 0.29) is 0 Å². The van der Waals surface area contributed by atoms with E-state index in [4.69, 9.17) is 0 Å². The summed E-state index contributed by atoms with van der Waals surface area (Å²) in [5.74, 6) is 1.26. The SMILES string of the molecule is BrCc1ccccc1.Brc1ccc(-c2nn[nH]n2)cc1.Brc1ccc(-c2nnn(Cc3ccccc3)n2)cc1. The highest BCUT2D eigenvalue weighted by atomic mass is 79.9. The van der Waals surface area contributed by atoms with Crippen LogP contribution < -0.4 is 0 Å². The van der Waals surface area contributed by atoms with Crippen LogP contribution in [0, 0.1) is 0 Å². The number of alkyl halides is 1. The molecule has 8 nitrogen and oxygen atoms in total. The number of hydrogen-bond donors (Lipinski definition) is 1. The van der Waals surface area contributed by atoms with Crippen molar-refractivity contribution in [3.05, 3.63) is 129 Å². The molecule has 39 heavy (non-hydrogen) atoms. The Labute approximate surface area is 251 Å². The van der Waals surface area contributed by atoms with Gasteiger partial charge in [0.1, 0.15) is 0 Å². The first kappa shape index (κ1) is 28.5. The molecule has 0 atom stereocenters. The second-order valence-electron chi connectivity index (χ2n) is 8.00. The Bertz CT molecular complexity index is 1510. The number of rotatable bonds is 5. The van der Waals surface area contributed by atoms with E-state index in [0.29, 0.717) is 18.2 Å². The van der Waals surface area contributed by atoms with Gasteiger partial charge in [-0.3, -0.25) is 0 Å². The summed E-state index contributed by atoms with van der Waals surface area (Å²) in [6.07, 6.45) is 0. The highest BCUT2D eigenvalue weighted by molar-refractivity contribution is 9.10. The Morgan fingerprint density at radius 3 is 1.64 bits per heavy atom. The van der Waals surface area contributed by atoms with Crippen molar-refractivity contribution in [3.63, 3.8) is 0 Å². The van der Waals surface area contributed by atoms with Crippen LogP contribution in [0.25, 0.3) is 22.8 Å². The summed E-state index contributed by atoms with van der Waals surface area (Å²) in [4.78, 5) is 1.60. The molecule has 6 aromatic rings. The molecule has 0 unspecified atom stereocenters. The van der Waals surface area contributed by atoms with Crippen molar-refractivity contribution < 1.29 is 0 Å². The molecule has 0 radical (unpaired) electrons. The first-order chi connectivity index (χ1) is 19.1. The predicted molar refractivity (Wildman–Crippen MR) is 163 cm³/mol. The number of nitrogens with zero attached hydrogens (tertiary/aromatic N) is 7. The van der Waals surface area contributed by atoms with Gasteiger partial charge in [-0.2, -0.15) is 10.0 Å². The molecule has 0 aliphatic heterocycles. The van der Waals surface area contributed by atoms with Crippen LogP contribution in [-0.4, -0.2) is 40.8 Å². The van der Waals surface area contributed by atoms with Crippen LogP contribution in [0.1, 0.15) is 11.1 Å². The minimum Gasteiger partial charge on any atom is -0.177 e. The number of halogens is 3. The second kappa shape index (κ2) is 15.2. The molecule has 6 rings (SSSR count). The van der Waals surface area contributed by atoms with E-state index in [2.05, 4.69) is 96.0 Å². The van der Waals surface area contributed by atoms with Gasteiger partial charge < -0.3 is 0 Å². The minimum absolute atomic E-state index is 0.613. The lowest BCUT2D eigenvalue weighted by atomic mass is 10.2. The summed E-state index contributed by atoms with van der Waals surface area (Å²) in [7, 11) is 0.